The van der Waals surface area contributed by atoms with Crippen LogP contribution in [0.25, 0.3) is 0 Å². The molecule has 19 heavy (non-hydrogen) atoms. The first-order chi connectivity index (χ1) is 8.89. The van der Waals surface area contributed by atoms with Gasteiger partial charge in [0.05, 0.1) is 19.0 Å². The number of aliphatic hydroxyl groups is 2. The third-order valence-electron chi connectivity index (χ3n) is 3.60. The van der Waals surface area contributed by atoms with Crippen molar-refractivity contribution in [2.45, 2.75) is 25.7 Å². The molecule has 5 heteroatoms. The van der Waals surface area contributed by atoms with Crippen LogP contribution in [0, 0.1) is 6.92 Å². The molecule has 0 atom stereocenters. The van der Waals surface area contributed by atoms with Crippen molar-refractivity contribution in [3.05, 3.63) is 35.4 Å². The molecule has 0 amide bonds. The van der Waals surface area contributed by atoms with Crippen LogP contribution in [-0.4, -0.2) is 43.4 Å². The lowest BCUT2D eigenvalue weighted by molar-refractivity contribution is 0.114. The van der Waals surface area contributed by atoms with Crippen LogP contribution in [0.5, 0.6) is 0 Å². The first kappa shape index (κ1) is 16.1. The molecule has 0 aliphatic heterocycles. The van der Waals surface area contributed by atoms with E-state index in [0.717, 1.165) is 11.1 Å². The van der Waals surface area contributed by atoms with Crippen LogP contribution in [0.2, 0.25) is 0 Å². The van der Waals surface area contributed by atoms with Gasteiger partial charge in [-0.15, -0.1) is 0 Å². The summed E-state index contributed by atoms with van der Waals surface area (Å²) >= 11 is 0. The molecule has 0 saturated heterocycles. The molecular weight excluding hydrogens is 264 g/mol. The largest absolute Gasteiger partial charge is 0.395 e. The summed E-state index contributed by atoms with van der Waals surface area (Å²) in [6.07, 6.45) is 0.221. The predicted octanol–water partition coefficient (Wildman–Crippen LogP) is 1.04. The van der Waals surface area contributed by atoms with Crippen molar-refractivity contribution in [2.24, 2.45) is 0 Å². The minimum atomic E-state index is -3.11. The first-order valence-corrected chi connectivity index (χ1v) is 8.20. The van der Waals surface area contributed by atoms with Gasteiger partial charge in [0, 0.05) is 11.2 Å². The zero-order chi connectivity index (χ0) is 14.5. The van der Waals surface area contributed by atoms with E-state index in [9.17, 15) is 18.6 Å². The zero-order valence-corrected chi connectivity index (χ0v) is 12.3. The van der Waals surface area contributed by atoms with Crippen molar-refractivity contribution in [2.75, 3.05) is 24.7 Å². The van der Waals surface area contributed by atoms with Crippen LogP contribution in [0.3, 0.4) is 0 Å². The molecule has 2 N–H and O–H groups in total. The zero-order valence-electron chi connectivity index (χ0n) is 11.5. The quantitative estimate of drug-likeness (QED) is 0.785. The number of sulfone groups is 1. The minimum absolute atomic E-state index is 0.0293. The highest BCUT2D eigenvalue weighted by Gasteiger charge is 2.32. The third-order valence-corrected chi connectivity index (χ3v) is 5.31. The maximum absolute atomic E-state index is 11.6. The first-order valence-electron chi connectivity index (χ1n) is 6.38. The Labute approximate surface area is 115 Å². The normalized spacial score (nSPS) is 12.6. The summed E-state index contributed by atoms with van der Waals surface area (Å²) in [5.74, 6) is 0.0479. The van der Waals surface area contributed by atoms with E-state index in [1.54, 1.807) is 6.92 Å². The number of benzene rings is 1. The summed E-state index contributed by atoms with van der Waals surface area (Å²) in [5, 5.41) is 19.2. The van der Waals surface area contributed by atoms with E-state index in [2.05, 4.69) is 0 Å². The maximum atomic E-state index is 11.6. The smallest absolute Gasteiger partial charge is 0.150 e. The lowest BCUT2D eigenvalue weighted by atomic mass is 9.79. The lowest BCUT2D eigenvalue weighted by Gasteiger charge is -2.30. The summed E-state index contributed by atoms with van der Waals surface area (Å²) in [7, 11) is -3.11. The van der Waals surface area contributed by atoms with Gasteiger partial charge in [-0.05, 0) is 18.9 Å². The molecule has 1 aromatic rings. The van der Waals surface area contributed by atoms with E-state index in [1.165, 1.54) is 0 Å². The second kappa shape index (κ2) is 6.50. The van der Waals surface area contributed by atoms with Crippen molar-refractivity contribution < 1.29 is 18.6 Å². The van der Waals surface area contributed by atoms with Crippen molar-refractivity contribution in [1.29, 1.82) is 0 Å². The molecule has 1 rings (SSSR count). The Bertz CT molecular complexity index is 487. The number of hydrogen-bond donors (Lipinski definition) is 2. The fourth-order valence-corrected chi connectivity index (χ4v) is 2.93. The fourth-order valence-electron chi connectivity index (χ4n) is 1.94. The molecule has 0 unspecified atom stereocenters. The van der Waals surface area contributed by atoms with E-state index >= 15 is 0 Å². The Morgan fingerprint density at radius 3 is 2.05 bits per heavy atom. The van der Waals surface area contributed by atoms with E-state index in [0.29, 0.717) is 0 Å². The summed E-state index contributed by atoms with van der Waals surface area (Å²) < 4.78 is 23.2. The second-order valence-electron chi connectivity index (χ2n) is 4.95. The van der Waals surface area contributed by atoms with Gasteiger partial charge >= 0.3 is 0 Å². The summed E-state index contributed by atoms with van der Waals surface area (Å²) in [4.78, 5) is 0. The molecule has 0 spiro atoms. The van der Waals surface area contributed by atoms with Crippen molar-refractivity contribution in [3.63, 3.8) is 0 Å². The second-order valence-corrected chi connectivity index (χ2v) is 7.42. The fraction of sp³-hybridized carbons (Fsp3) is 0.571. The molecular formula is C14H22O4S. The Kier molecular flexibility index (Phi) is 5.52. The molecule has 4 nitrogen and oxygen atoms in total. The van der Waals surface area contributed by atoms with Crippen LogP contribution in [0.4, 0.5) is 0 Å². The molecule has 0 aliphatic carbocycles. The molecule has 0 bridgehead atoms. The van der Waals surface area contributed by atoms with Crippen LogP contribution in [0.1, 0.15) is 24.5 Å². The SMILES string of the molecule is CCS(=O)(=O)CCC(CO)(CO)c1ccc(C)cc1. The molecule has 0 aromatic heterocycles. The Morgan fingerprint density at radius 1 is 1.11 bits per heavy atom. The van der Waals surface area contributed by atoms with Gasteiger partial charge in [0.15, 0.2) is 0 Å². The van der Waals surface area contributed by atoms with Gasteiger partial charge < -0.3 is 10.2 Å². The van der Waals surface area contributed by atoms with Crippen LogP contribution in [-0.2, 0) is 15.3 Å². The van der Waals surface area contributed by atoms with Crippen LogP contribution >= 0.6 is 0 Å². The van der Waals surface area contributed by atoms with Crippen molar-refractivity contribution in [3.8, 4) is 0 Å². The molecule has 0 heterocycles. The minimum Gasteiger partial charge on any atom is -0.395 e. The number of rotatable bonds is 7. The maximum Gasteiger partial charge on any atom is 0.150 e. The molecule has 0 radical (unpaired) electrons. The van der Waals surface area contributed by atoms with Gasteiger partial charge in [-0.3, -0.25) is 0 Å². The molecule has 0 fully saturated rings. The Hall–Kier alpha value is -0.910. The Balaban J connectivity index is 3.00. The van der Waals surface area contributed by atoms with Crippen molar-refractivity contribution >= 4 is 9.84 Å². The number of aliphatic hydroxyl groups excluding tert-OH is 2. The van der Waals surface area contributed by atoms with Gasteiger partial charge in [0.2, 0.25) is 0 Å². The van der Waals surface area contributed by atoms with Gasteiger partial charge in [-0.25, -0.2) is 8.42 Å². The van der Waals surface area contributed by atoms with Crippen molar-refractivity contribution in [1.82, 2.24) is 0 Å². The summed E-state index contributed by atoms with van der Waals surface area (Å²) in [6.45, 7) is 3.00. The topological polar surface area (TPSA) is 74.6 Å². The van der Waals surface area contributed by atoms with Gasteiger partial charge in [-0.1, -0.05) is 36.8 Å². The predicted molar refractivity (Wildman–Crippen MR) is 76.0 cm³/mol. The number of hydrogen-bond acceptors (Lipinski definition) is 4. The van der Waals surface area contributed by atoms with Crippen LogP contribution < -0.4 is 0 Å². The number of aryl methyl sites for hydroxylation is 1. The van der Waals surface area contributed by atoms with E-state index in [4.69, 9.17) is 0 Å². The highest BCUT2D eigenvalue weighted by atomic mass is 32.2. The molecule has 1 aromatic carbocycles. The molecule has 0 aliphatic rings. The monoisotopic (exact) mass is 286 g/mol. The molecule has 0 saturated carbocycles. The van der Waals surface area contributed by atoms with E-state index in [-0.39, 0.29) is 31.1 Å². The average Bonchev–Trinajstić information content (AvgIpc) is 2.42. The van der Waals surface area contributed by atoms with Gasteiger partial charge in [-0.2, -0.15) is 0 Å². The molecule has 108 valence electrons. The summed E-state index contributed by atoms with van der Waals surface area (Å²) in [6, 6.07) is 7.45. The lowest BCUT2D eigenvalue weighted by Crippen LogP contribution is -2.37. The Morgan fingerprint density at radius 2 is 1.63 bits per heavy atom. The van der Waals surface area contributed by atoms with E-state index < -0.39 is 15.3 Å². The van der Waals surface area contributed by atoms with Crippen LogP contribution in [0.15, 0.2) is 24.3 Å². The van der Waals surface area contributed by atoms with E-state index in [1.807, 2.05) is 31.2 Å². The van der Waals surface area contributed by atoms with Gasteiger partial charge in [0.1, 0.15) is 9.84 Å². The third kappa shape index (κ3) is 4.03. The standard InChI is InChI=1S/C14H22O4S/c1-3-19(17,18)9-8-14(10-15,11-16)13-6-4-12(2)5-7-13/h4-7,15-16H,3,8-11H2,1-2H3. The average molecular weight is 286 g/mol. The summed E-state index contributed by atoms with van der Waals surface area (Å²) in [5.41, 5.74) is 0.958. The van der Waals surface area contributed by atoms with Gasteiger partial charge in [0.25, 0.3) is 0 Å². The highest BCUT2D eigenvalue weighted by Crippen LogP contribution is 2.28. The highest BCUT2D eigenvalue weighted by molar-refractivity contribution is 7.91.